The van der Waals surface area contributed by atoms with Crippen LogP contribution < -0.4 is 10.6 Å². The van der Waals surface area contributed by atoms with E-state index in [0.717, 1.165) is 59.5 Å². The Kier molecular flexibility index (Phi) is 8.96. The number of aromatic amines is 1. The van der Waals surface area contributed by atoms with Gasteiger partial charge in [-0.15, -0.1) is 0 Å². The van der Waals surface area contributed by atoms with Gasteiger partial charge < -0.3 is 25.5 Å². The highest BCUT2D eigenvalue weighted by Gasteiger charge is 2.50. The number of aliphatic carboxylic acids is 1. The lowest BCUT2D eigenvalue weighted by molar-refractivity contribution is -0.137. The van der Waals surface area contributed by atoms with Crippen LogP contribution in [0.1, 0.15) is 75.8 Å². The molecule has 7 rings (SSSR count). The molecule has 2 aromatic carbocycles. The molecule has 2 amide bonds. The third-order valence-electron chi connectivity index (χ3n) is 10.3. The molecule has 0 radical (unpaired) electrons. The number of nitrogens with one attached hydrogen (secondary N) is 3. The van der Waals surface area contributed by atoms with Crippen molar-refractivity contribution in [2.75, 3.05) is 0 Å². The van der Waals surface area contributed by atoms with E-state index < -0.39 is 17.6 Å². The maximum atomic E-state index is 14.3. The van der Waals surface area contributed by atoms with E-state index in [9.17, 15) is 14.4 Å². The molecule has 4 fully saturated rings. The largest absolute Gasteiger partial charge is 0.481 e. The summed E-state index contributed by atoms with van der Waals surface area (Å²) < 4.78 is 6.19. The van der Waals surface area contributed by atoms with E-state index in [1.54, 1.807) is 6.92 Å². The van der Waals surface area contributed by atoms with Crippen molar-refractivity contribution in [1.29, 1.82) is 0 Å². The minimum atomic E-state index is -1.27. The number of ether oxygens (including phenoxy) is 1. The second kappa shape index (κ2) is 13.0. The number of carboxylic acid groups (broad SMARTS) is 1. The Balaban J connectivity index is 1.20. The quantitative estimate of drug-likeness (QED) is 0.170. The molecule has 3 aromatic rings. The van der Waals surface area contributed by atoms with E-state index >= 15 is 0 Å². The fraction of sp³-hybridized carbons (Fsp3) is 0.528. The number of rotatable bonds is 13. The molecule has 0 spiro atoms. The molecule has 4 saturated carbocycles. The highest BCUT2D eigenvalue weighted by atomic mass is 16.6. The van der Waals surface area contributed by atoms with Crippen molar-refractivity contribution in [3.8, 4) is 0 Å². The number of carbonyl (C=O) groups is 3. The molecule has 44 heavy (non-hydrogen) atoms. The number of carbonyl (C=O) groups excluding carboxylic acids is 2. The summed E-state index contributed by atoms with van der Waals surface area (Å²) in [7, 11) is 0. The number of carboxylic acids is 1. The monoisotopic (exact) mass is 599 g/mol. The smallest absolute Gasteiger partial charge is 0.408 e. The Morgan fingerprint density at radius 2 is 1.64 bits per heavy atom. The Labute approximate surface area is 259 Å². The minimum Gasteiger partial charge on any atom is -0.481 e. The lowest BCUT2D eigenvalue weighted by Crippen LogP contribution is -2.61. The van der Waals surface area contributed by atoms with Gasteiger partial charge in [0.25, 0.3) is 0 Å². The van der Waals surface area contributed by atoms with Crippen molar-refractivity contribution < 1.29 is 24.2 Å². The zero-order valence-corrected chi connectivity index (χ0v) is 25.6. The Bertz CT molecular complexity index is 1440. The summed E-state index contributed by atoms with van der Waals surface area (Å²) in [6, 6.07) is 17.7. The number of unbranched alkanes of at least 4 members (excludes halogenated alkanes) is 1. The molecule has 4 aliphatic rings. The van der Waals surface area contributed by atoms with Crippen molar-refractivity contribution in [3.05, 3.63) is 71.9 Å². The third kappa shape index (κ3) is 6.95. The summed E-state index contributed by atoms with van der Waals surface area (Å²) in [6.45, 7) is 1.78. The van der Waals surface area contributed by atoms with E-state index in [-0.39, 0.29) is 30.9 Å². The number of amides is 2. The summed E-state index contributed by atoms with van der Waals surface area (Å²) in [5.74, 6) is 1.30. The second-order valence-electron chi connectivity index (χ2n) is 13.8. The zero-order valence-electron chi connectivity index (χ0n) is 25.6. The van der Waals surface area contributed by atoms with Gasteiger partial charge in [0.05, 0.1) is 0 Å². The van der Waals surface area contributed by atoms with E-state index in [1.165, 1.54) is 6.42 Å². The van der Waals surface area contributed by atoms with Crippen molar-refractivity contribution in [2.24, 2.45) is 23.7 Å². The molecule has 4 N–H and O–H groups in total. The molecule has 8 nitrogen and oxygen atoms in total. The molecule has 1 aromatic heterocycles. The maximum Gasteiger partial charge on any atom is 0.408 e. The fourth-order valence-electron chi connectivity index (χ4n) is 8.42. The zero-order chi connectivity index (χ0) is 30.7. The molecule has 4 aliphatic carbocycles. The van der Waals surface area contributed by atoms with Gasteiger partial charge in [0.15, 0.2) is 0 Å². The molecular formula is C36H45N3O5. The maximum absolute atomic E-state index is 14.3. The highest BCUT2D eigenvalue weighted by molar-refractivity contribution is 5.91. The predicted octanol–water partition coefficient (Wildman–Crippen LogP) is 6.39. The number of alkyl carbamates (subject to hydrolysis) is 1. The van der Waals surface area contributed by atoms with Gasteiger partial charge in [0.1, 0.15) is 11.6 Å². The first-order valence-corrected chi connectivity index (χ1v) is 16.4. The van der Waals surface area contributed by atoms with Crippen LogP contribution in [0.4, 0.5) is 4.79 Å². The topological polar surface area (TPSA) is 121 Å². The fourth-order valence-corrected chi connectivity index (χ4v) is 8.42. The van der Waals surface area contributed by atoms with Gasteiger partial charge in [-0.05, 0) is 99.2 Å². The van der Waals surface area contributed by atoms with Crippen LogP contribution in [0.2, 0.25) is 0 Å². The van der Waals surface area contributed by atoms with Crippen LogP contribution in [0, 0.1) is 23.7 Å². The summed E-state index contributed by atoms with van der Waals surface area (Å²) in [5, 5.41) is 16.4. The molecule has 4 bridgehead atoms. The first-order valence-electron chi connectivity index (χ1n) is 16.4. The van der Waals surface area contributed by atoms with Crippen molar-refractivity contribution in [3.63, 3.8) is 0 Å². The van der Waals surface area contributed by atoms with Crippen molar-refractivity contribution >= 4 is 28.9 Å². The third-order valence-corrected chi connectivity index (χ3v) is 10.3. The average molecular weight is 600 g/mol. The molecule has 1 heterocycles. The Morgan fingerprint density at radius 3 is 2.34 bits per heavy atom. The minimum absolute atomic E-state index is 0.0803. The first-order chi connectivity index (χ1) is 21.3. The van der Waals surface area contributed by atoms with E-state index in [2.05, 4.69) is 15.6 Å². The molecule has 0 aliphatic heterocycles. The molecule has 0 saturated heterocycles. The van der Waals surface area contributed by atoms with Crippen LogP contribution in [0.15, 0.2) is 60.8 Å². The van der Waals surface area contributed by atoms with Crippen molar-refractivity contribution in [2.45, 2.75) is 95.2 Å². The number of aromatic nitrogens is 1. The van der Waals surface area contributed by atoms with Crippen LogP contribution >= 0.6 is 0 Å². The van der Waals surface area contributed by atoms with Gasteiger partial charge in [-0.2, -0.15) is 0 Å². The van der Waals surface area contributed by atoms with Crippen LogP contribution in [-0.2, 0) is 27.2 Å². The number of para-hydroxylation sites is 1. The first kappa shape index (κ1) is 30.2. The second-order valence-corrected chi connectivity index (χ2v) is 13.8. The van der Waals surface area contributed by atoms with Gasteiger partial charge in [-0.25, -0.2) is 4.79 Å². The normalized spacial score (nSPS) is 25.7. The Hall–Kier alpha value is -3.81. The number of H-pyrrole nitrogens is 1. The summed E-state index contributed by atoms with van der Waals surface area (Å²) in [4.78, 5) is 42.3. The number of benzene rings is 2. The van der Waals surface area contributed by atoms with Crippen LogP contribution in [-0.4, -0.2) is 45.7 Å². The summed E-state index contributed by atoms with van der Waals surface area (Å²) >= 11 is 0. The van der Waals surface area contributed by atoms with Crippen LogP contribution in [0.25, 0.3) is 10.9 Å². The summed E-state index contributed by atoms with van der Waals surface area (Å²) in [5.41, 5.74) is 1.73. The summed E-state index contributed by atoms with van der Waals surface area (Å²) in [6.07, 6.45) is 10.0. The SMILES string of the molecule is C[C@](Cc1c[nH]c2ccccc12)(NC(=O)OC1C2CC3CC(C2)CC1C3)C(=O)N[C@H](CCCCC(=O)O)Cc1ccccc1. The number of hydrogen-bond acceptors (Lipinski definition) is 4. The number of fused-ring (bicyclic) bond motifs is 1. The predicted molar refractivity (Wildman–Crippen MR) is 169 cm³/mol. The average Bonchev–Trinajstić information content (AvgIpc) is 3.39. The molecule has 2 atom stereocenters. The van der Waals surface area contributed by atoms with Gasteiger partial charge in [-0.3, -0.25) is 9.59 Å². The molecule has 234 valence electrons. The van der Waals surface area contributed by atoms with Gasteiger partial charge >= 0.3 is 12.1 Å². The molecular weight excluding hydrogens is 554 g/mol. The molecule has 0 unspecified atom stereocenters. The van der Waals surface area contributed by atoms with Gasteiger partial charge in [0, 0.05) is 36.0 Å². The lowest BCUT2D eigenvalue weighted by atomic mass is 9.55. The standard InChI is InChI=1S/C36H45N3O5/c1-36(21-28-22-37-31-13-7-6-12-30(28)31,39-35(43)44-33-26-16-24-15-25(18-26)19-27(33)17-24)34(42)38-29(11-5-8-14-32(40)41)20-23-9-3-2-4-10-23/h2-4,6-7,9-10,12-13,22,24-27,29,33,37H,5,8,11,14-21H2,1H3,(H,38,42)(H,39,43)(H,40,41)/t24?,25?,26?,27?,29-,33?,36-/m1/s1. The van der Waals surface area contributed by atoms with Gasteiger partial charge in [-0.1, -0.05) is 55.0 Å². The van der Waals surface area contributed by atoms with E-state index in [4.69, 9.17) is 9.84 Å². The number of hydrogen-bond donors (Lipinski definition) is 4. The van der Waals surface area contributed by atoms with Crippen molar-refractivity contribution in [1.82, 2.24) is 15.6 Å². The van der Waals surface area contributed by atoms with Crippen LogP contribution in [0.3, 0.4) is 0 Å². The van der Waals surface area contributed by atoms with E-state index in [0.29, 0.717) is 37.5 Å². The van der Waals surface area contributed by atoms with Crippen LogP contribution in [0.5, 0.6) is 0 Å². The van der Waals surface area contributed by atoms with Gasteiger partial charge in [0.2, 0.25) is 5.91 Å². The van der Waals surface area contributed by atoms with E-state index in [1.807, 2.05) is 60.8 Å². The highest BCUT2D eigenvalue weighted by Crippen LogP contribution is 2.54. The lowest BCUT2D eigenvalue weighted by Gasteiger charge is -2.53. The molecule has 8 heteroatoms. The Morgan fingerprint density at radius 1 is 0.955 bits per heavy atom.